The Bertz CT molecular complexity index is 1240. The van der Waals surface area contributed by atoms with E-state index in [-0.39, 0.29) is 11.6 Å². The molecule has 0 unspecified atom stereocenters. The van der Waals surface area contributed by atoms with E-state index in [9.17, 15) is 8.42 Å². The summed E-state index contributed by atoms with van der Waals surface area (Å²) in [6.07, 6.45) is 4.93. The molecular weight excluding hydrogens is 416 g/mol. The van der Waals surface area contributed by atoms with Gasteiger partial charge in [-0.2, -0.15) is 9.40 Å². The molecule has 10 heteroatoms. The third kappa shape index (κ3) is 3.97. The fourth-order valence-corrected chi connectivity index (χ4v) is 5.24. The molecule has 2 aromatic heterocycles. The molecule has 0 radical (unpaired) electrons. The van der Waals surface area contributed by atoms with E-state index in [4.69, 9.17) is 4.74 Å². The lowest BCUT2D eigenvalue weighted by molar-refractivity contribution is 0.200. The molecule has 31 heavy (non-hydrogen) atoms. The standard InChI is InChI=1S/C21H26N6O3S/c1-14-12-26(8-9-27(14)31(3,28)29)19-11-18(22-13-23-19)20-16-10-15(30-21(2)6-7-21)4-5-17(16)24-25-20/h4-5,10-11,13-14H,6-9,12H2,1-3H3,(H,24,25)/t14-/m0/s1. The number of piperazine rings is 1. The Kier molecular flexibility index (Phi) is 4.67. The Morgan fingerprint density at radius 2 is 2.00 bits per heavy atom. The van der Waals surface area contributed by atoms with Gasteiger partial charge in [-0.15, -0.1) is 0 Å². The zero-order valence-corrected chi connectivity index (χ0v) is 18.7. The number of benzene rings is 1. The molecule has 1 atom stereocenters. The first-order valence-corrected chi connectivity index (χ1v) is 12.3. The maximum Gasteiger partial charge on any atom is 0.211 e. The molecule has 3 aromatic rings. The van der Waals surface area contributed by atoms with Crippen molar-refractivity contribution in [3.63, 3.8) is 0 Å². The highest BCUT2D eigenvalue weighted by Gasteiger charge is 2.40. The van der Waals surface area contributed by atoms with Crippen LogP contribution in [0.15, 0.2) is 30.6 Å². The number of H-pyrrole nitrogens is 1. The van der Waals surface area contributed by atoms with Crippen molar-refractivity contribution in [3.8, 4) is 17.1 Å². The van der Waals surface area contributed by atoms with Crippen LogP contribution in [-0.2, 0) is 10.0 Å². The Hall–Kier alpha value is -2.72. The van der Waals surface area contributed by atoms with E-state index in [2.05, 4.69) is 32.0 Å². The summed E-state index contributed by atoms with van der Waals surface area (Å²) in [5.74, 6) is 1.59. The number of anilines is 1. The molecule has 164 valence electrons. The zero-order chi connectivity index (χ0) is 21.8. The summed E-state index contributed by atoms with van der Waals surface area (Å²) in [4.78, 5) is 11.0. The van der Waals surface area contributed by atoms with Gasteiger partial charge in [0, 0.05) is 37.1 Å². The summed E-state index contributed by atoms with van der Waals surface area (Å²) in [7, 11) is -3.21. The van der Waals surface area contributed by atoms with Gasteiger partial charge >= 0.3 is 0 Å². The van der Waals surface area contributed by atoms with Crippen molar-refractivity contribution in [1.29, 1.82) is 0 Å². The van der Waals surface area contributed by atoms with Gasteiger partial charge in [-0.05, 0) is 44.9 Å². The van der Waals surface area contributed by atoms with Crippen LogP contribution in [0, 0.1) is 0 Å². The molecule has 1 saturated carbocycles. The van der Waals surface area contributed by atoms with Crippen LogP contribution in [-0.4, -0.2) is 70.4 Å². The highest BCUT2D eigenvalue weighted by Crippen LogP contribution is 2.40. The Balaban J connectivity index is 1.43. The molecule has 5 rings (SSSR count). The van der Waals surface area contributed by atoms with Crippen molar-refractivity contribution in [2.45, 2.75) is 38.3 Å². The van der Waals surface area contributed by atoms with Crippen molar-refractivity contribution >= 4 is 26.7 Å². The number of ether oxygens (including phenoxy) is 1. The quantitative estimate of drug-likeness (QED) is 0.647. The van der Waals surface area contributed by atoms with Gasteiger partial charge in [0.1, 0.15) is 29.2 Å². The van der Waals surface area contributed by atoms with Crippen LogP contribution in [0.25, 0.3) is 22.3 Å². The smallest absolute Gasteiger partial charge is 0.211 e. The largest absolute Gasteiger partial charge is 0.488 e. The molecule has 1 aliphatic carbocycles. The molecule has 1 aromatic carbocycles. The molecule has 0 bridgehead atoms. The van der Waals surface area contributed by atoms with E-state index in [0.717, 1.165) is 41.0 Å². The predicted molar refractivity (Wildman–Crippen MR) is 119 cm³/mol. The van der Waals surface area contributed by atoms with E-state index in [0.29, 0.717) is 25.3 Å². The van der Waals surface area contributed by atoms with E-state index >= 15 is 0 Å². The molecule has 1 aliphatic heterocycles. The van der Waals surface area contributed by atoms with Gasteiger partial charge in [0.25, 0.3) is 0 Å². The Labute approximate surface area is 181 Å². The summed E-state index contributed by atoms with van der Waals surface area (Å²) in [5.41, 5.74) is 2.32. The Morgan fingerprint density at radius 3 is 2.71 bits per heavy atom. The van der Waals surface area contributed by atoms with Gasteiger partial charge in [-0.25, -0.2) is 18.4 Å². The van der Waals surface area contributed by atoms with E-state index < -0.39 is 10.0 Å². The van der Waals surface area contributed by atoms with Gasteiger partial charge in [-0.3, -0.25) is 5.10 Å². The minimum Gasteiger partial charge on any atom is -0.488 e. The van der Waals surface area contributed by atoms with Gasteiger partial charge in [-0.1, -0.05) is 0 Å². The van der Waals surface area contributed by atoms with E-state index in [1.807, 2.05) is 31.2 Å². The molecule has 9 nitrogen and oxygen atoms in total. The normalized spacial score (nSPS) is 21.4. The summed E-state index contributed by atoms with van der Waals surface area (Å²) < 4.78 is 31.6. The molecule has 1 N–H and O–H groups in total. The average molecular weight is 443 g/mol. The van der Waals surface area contributed by atoms with Gasteiger partial charge in [0.15, 0.2) is 0 Å². The summed E-state index contributed by atoms with van der Waals surface area (Å²) in [6.45, 7) is 5.62. The number of nitrogens with one attached hydrogen (secondary N) is 1. The summed E-state index contributed by atoms with van der Waals surface area (Å²) in [5, 5.41) is 8.50. The number of aromatic amines is 1. The lowest BCUT2D eigenvalue weighted by Gasteiger charge is -2.38. The van der Waals surface area contributed by atoms with Crippen LogP contribution < -0.4 is 9.64 Å². The van der Waals surface area contributed by atoms with Gasteiger partial charge in [0.05, 0.1) is 17.5 Å². The first-order valence-electron chi connectivity index (χ1n) is 10.4. The number of aromatic nitrogens is 4. The number of nitrogens with zero attached hydrogens (tertiary/aromatic N) is 5. The van der Waals surface area contributed by atoms with Crippen LogP contribution in [0.1, 0.15) is 26.7 Å². The molecule has 3 heterocycles. The van der Waals surface area contributed by atoms with Crippen LogP contribution >= 0.6 is 0 Å². The maximum atomic E-state index is 12.0. The van der Waals surface area contributed by atoms with Crippen LogP contribution in [0.2, 0.25) is 0 Å². The third-order valence-corrected chi connectivity index (χ3v) is 7.46. The second kappa shape index (κ2) is 7.16. The van der Waals surface area contributed by atoms with Crippen molar-refractivity contribution in [2.75, 3.05) is 30.8 Å². The highest BCUT2D eigenvalue weighted by molar-refractivity contribution is 7.88. The highest BCUT2D eigenvalue weighted by atomic mass is 32.2. The minimum absolute atomic E-state index is 0.0511. The predicted octanol–water partition coefficient (Wildman–Crippen LogP) is 2.42. The summed E-state index contributed by atoms with van der Waals surface area (Å²) >= 11 is 0. The number of rotatable bonds is 5. The second-order valence-corrected chi connectivity index (χ2v) is 10.7. The lowest BCUT2D eigenvalue weighted by Crippen LogP contribution is -2.53. The number of hydrogen-bond acceptors (Lipinski definition) is 7. The first-order chi connectivity index (χ1) is 14.7. The fourth-order valence-electron chi connectivity index (χ4n) is 4.11. The SMILES string of the molecule is C[C@H]1CN(c2cc(-c3n[nH]c4ccc(OC5(C)CC5)cc34)ncn2)CCN1S(C)(=O)=O. The molecular formula is C21H26N6O3S. The Morgan fingerprint density at radius 1 is 1.19 bits per heavy atom. The second-order valence-electron chi connectivity index (χ2n) is 8.76. The summed E-state index contributed by atoms with van der Waals surface area (Å²) in [6, 6.07) is 7.72. The van der Waals surface area contributed by atoms with Crippen LogP contribution in [0.3, 0.4) is 0 Å². The van der Waals surface area contributed by atoms with Crippen molar-refractivity contribution in [2.24, 2.45) is 0 Å². The van der Waals surface area contributed by atoms with Gasteiger partial charge < -0.3 is 9.64 Å². The third-order valence-electron chi connectivity index (χ3n) is 6.06. The van der Waals surface area contributed by atoms with Crippen LogP contribution in [0.5, 0.6) is 5.75 Å². The van der Waals surface area contributed by atoms with Crippen molar-refractivity contribution in [3.05, 3.63) is 30.6 Å². The topological polar surface area (TPSA) is 104 Å². The number of fused-ring (bicyclic) bond motifs is 1. The lowest BCUT2D eigenvalue weighted by atomic mass is 10.1. The first kappa shape index (κ1) is 20.2. The van der Waals surface area contributed by atoms with E-state index in [1.165, 1.54) is 16.9 Å². The number of hydrogen-bond donors (Lipinski definition) is 1. The van der Waals surface area contributed by atoms with Gasteiger partial charge in [0.2, 0.25) is 10.0 Å². The average Bonchev–Trinajstić information content (AvgIpc) is 3.30. The molecule has 1 saturated heterocycles. The van der Waals surface area contributed by atoms with Crippen LogP contribution in [0.4, 0.5) is 5.82 Å². The minimum atomic E-state index is -3.21. The number of sulfonamides is 1. The molecule has 2 fully saturated rings. The maximum absolute atomic E-state index is 12.0. The van der Waals surface area contributed by atoms with Crippen molar-refractivity contribution in [1.82, 2.24) is 24.5 Å². The van der Waals surface area contributed by atoms with E-state index in [1.54, 1.807) is 0 Å². The zero-order valence-electron chi connectivity index (χ0n) is 17.9. The molecule has 0 amide bonds. The fraction of sp³-hybridized carbons (Fsp3) is 0.476. The monoisotopic (exact) mass is 442 g/mol. The molecule has 0 spiro atoms. The molecule has 2 aliphatic rings. The van der Waals surface area contributed by atoms with Crippen molar-refractivity contribution < 1.29 is 13.2 Å².